The molecule has 0 spiro atoms. The first-order valence-electron chi connectivity index (χ1n) is 14.9. The van der Waals surface area contributed by atoms with Crippen LogP contribution in [0.5, 0.6) is 0 Å². The molecule has 7 heteroatoms. The fourth-order valence-electron chi connectivity index (χ4n) is 5.13. The zero-order valence-corrected chi connectivity index (χ0v) is 25.7. The molecule has 1 atom stereocenters. The number of ether oxygens (including phenoxy) is 2. The summed E-state index contributed by atoms with van der Waals surface area (Å²) in [6.07, 6.45) is 7.41. The number of thiophene rings is 1. The van der Waals surface area contributed by atoms with Crippen molar-refractivity contribution in [2.75, 3.05) is 49.2 Å². The van der Waals surface area contributed by atoms with Gasteiger partial charge >= 0.3 is 0 Å². The molecule has 1 fully saturated rings. The van der Waals surface area contributed by atoms with E-state index in [2.05, 4.69) is 91.3 Å². The van der Waals surface area contributed by atoms with Crippen molar-refractivity contribution in [1.29, 1.82) is 10.5 Å². The van der Waals surface area contributed by atoms with E-state index in [9.17, 15) is 10.5 Å². The second-order valence-electron chi connectivity index (χ2n) is 10.1. The number of hydrogen-bond acceptors (Lipinski definition) is 7. The van der Waals surface area contributed by atoms with Gasteiger partial charge in [0.25, 0.3) is 0 Å². The van der Waals surface area contributed by atoms with Crippen molar-refractivity contribution in [3.05, 3.63) is 87.1 Å². The van der Waals surface area contributed by atoms with E-state index in [0.717, 1.165) is 72.2 Å². The van der Waals surface area contributed by atoms with Crippen LogP contribution in [0, 0.1) is 22.7 Å². The van der Waals surface area contributed by atoms with E-state index in [0.29, 0.717) is 12.2 Å². The maximum absolute atomic E-state index is 9.72. The molecular weight excluding hydrogens is 540 g/mol. The van der Waals surface area contributed by atoms with E-state index in [1.165, 1.54) is 12.1 Å². The first kappa shape index (κ1) is 31.1. The molecule has 6 nitrogen and oxygen atoms in total. The SMILES string of the molecule is CCN(CC)c1ccc(C(=C(C#N)C#N)c2ccc(/C=C/c3ccc(N(CC)CCOC4CCCCO4)cc3)s2)cc1. The zero-order chi connectivity index (χ0) is 29.7. The van der Waals surface area contributed by atoms with E-state index in [1.807, 2.05) is 24.3 Å². The van der Waals surface area contributed by atoms with Crippen LogP contribution in [0.2, 0.25) is 0 Å². The molecule has 0 N–H and O–H groups in total. The number of likely N-dealkylation sites (N-methyl/N-ethyl adjacent to an activating group) is 1. The summed E-state index contributed by atoms with van der Waals surface area (Å²) < 4.78 is 11.6. The first-order chi connectivity index (χ1) is 20.6. The molecule has 0 aliphatic carbocycles. The summed E-state index contributed by atoms with van der Waals surface area (Å²) in [5, 5.41) is 19.4. The average Bonchev–Trinajstić information content (AvgIpc) is 3.51. The largest absolute Gasteiger partial charge is 0.372 e. The van der Waals surface area contributed by atoms with Crippen molar-refractivity contribution in [2.24, 2.45) is 0 Å². The third-order valence-corrected chi connectivity index (χ3v) is 8.58. The summed E-state index contributed by atoms with van der Waals surface area (Å²) in [5.74, 6) is 0. The number of benzene rings is 2. The molecule has 1 aliphatic heterocycles. The minimum absolute atomic E-state index is 0.0567. The van der Waals surface area contributed by atoms with Crippen molar-refractivity contribution in [3.8, 4) is 12.1 Å². The van der Waals surface area contributed by atoms with Crippen molar-refractivity contribution >= 4 is 40.4 Å². The molecule has 0 radical (unpaired) electrons. The molecule has 2 heterocycles. The highest BCUT2D eigenvalue weighted by atomic mass is 32.1. The Bertz CT molecular complexity index is 1400. The van der Waals surface area contributed by atoms with Crippen LogP contribution in [0.15, 0.2) is 66.2 Å². The van der Waals surface area contributed by atoms with Crippen LogP contribution in [-0.4, -0.2) is 45.7 Å². The van der Waals surface area contributed by atoms with Gasteiger partial charge in [0, 0.05) is 59.5 Å². The van der Waals surface area contributed by atoms with Gasteiger partial charge in [-0.15, -0.1) is 11.3 Å². The summed E-state index contributed by atoms with van der Waals surface area (Å²) in [6, 6.07) is 24.9. The Balaban J connectivity index is 1.43. The predicted molar refractivity (Wildman–Crippen MR) is 174 cm³/mol. The highest BCUT2D eigenvalue weighted by Gasteiger charge is 2.16. The van der Waals surface area contributed by atoms with E-state index in [-0.39, 0.29) is 11.9 Å². The van der Waals surface area contributed by atoms with E-state index in [1.54, 1.807) is 11.3 Å². The molecule has 2 aromatic carbocycles. The number of allylic oxidation sites excluding steroid dienone is 1. The fourth-order valence-corrected chi connectivity index (χ4v) is 6.12. The molecule has 0 saturated carbocycles. The van der Waals surface area contributed by atoms with Gasteiger partial charge in [-0.1, -0.05) is 30.3 Å². The van der Waals surface area contributed by atoms with Crippen molar-refractivity contribution in [2.45, 2.75) is 46.3 Å². The molecule has 0 amide bonds. The third kappa shape index (κ3) is 8.11. The Labute approximate surface area is 254 Å². The molecule has 3 aromatic rings. The van der Waals surface area contributed by atoms with Gasteiger partial charge in [-0.05, 0) is 93.6 Å². The second kappa shape index (κ2) is 15.9. The van der Waals surface area contributed by atoms with Crippen LogP contribution in [-0.2, 0) is 9.47 Å². The predicted octanol–water partition coefficient (Wildman–Crippen LogP) is 7.98. The normalized spacial score (nSPS) is 14.7. The van der Waals surface area contributed by atoms with Crippen molar-refractivity contribution in [3.63, 3.8) is 0 Å². The molecular formula is C35H40N4O2S. The minimum atomic E-state index is -0.0567. The highest BCUT2D eigenvalue weighted by molar-refractivity contribution is 7.14. The molecule has 42 heavy (non-hydrogen) atoms. The van der Waals surface area contributed by atoms with Gasteiger partial charge in [0.05, 0.1) is 6.61 Å². The highest BCUT2D eigenvalue weighted by Crippen LogP contribution is 2.34. The summed E-state index contributed by atoms with van der Waals surface area (Å²) in [7, 11) is 0. The van der Waals surface area contributed by atoms with Crippen LogP contribution < -0.4 is 9.80 Å². The van der Waals surface area contributed by atoms with Crippen molar-refractivity contribution in [1.82, 2.24) is 0 Å². The fraction of sp³-hybridized carbons (Fsp3) is 0.371. The van der Waals surface area contributed by atoms with E-state index < -0.39 is 0 Å². The van der Waals surface area contributed by atoms with Crippen LogP contribution in [0.25, 0.3) is 17.7 Å². The van der Waals surface area contributed by atoms with Gasteiger partial charge in [0.1, 0.15) is 17.7 Å². The van der Waals surface area contributed by atoms with Gasteiger partial charge in [-0.3, -0.25) is 0 Å². The molecule has 0 bridgehead atoms. The molecule has 1 aliphatic rings. The Hall–Kier alpha value is -3.88. The van der Waals surface area contributed by atoms with Gasteiger partial charge in [0.2, 0.25) is 0 Å². The number of nitrogens with zero attached hydrogens (tertiary/aromatic N) is 4. The molecule has 1 aromatic heterocycles. The minimum Gasteiger partial charge on any atom is -0.372 e. The summed E-state index contributed by atoms with van der Waals surface area (Å²) in [6.45, 7) is 11.4. The first-order valence-corrected chi connectivity index (χ1v) is 15.7. The summed E-state index contributed by atoms with van der Waals surface area (Å²) in [5.41, 5.74) is 5.07. The van der Waals surface area contributed by atoms with Gasteiger partial charge < -0.3 is 19.3 Å². The number of hydrogen-bond donors (Lipinski definition) is 0. The van der Waals surface area contributed by atoms with E-state index >= 15 is 0 Å². The smallest absolute Gasteiger partial charge is 0.157 e. The van der Waals surface area contributed by atoms with Gasteiger partial charge in [0.15, 0.2) is 6.29 Å². The Morgan fingerprint density at radius 3 is 2.17 bits per heavy atom. The standard InChI is InChI=1S/C35H40N4O2S/c1-4-38(5-2)30-17-13-28(14-18-30)35(29(25-36)26-37)33-21-20-32(42-33)19-12-27-10-15-31(16-11-27)39(6-3)22-24-41-34-9-7-8-23-40-34/h10-21,34H,4-9,22-24H2,1-3H3/b19-12+. The maximum Gasteiger partial charge on any atom is 0.157 e. The Morgan fingerprint density at radius 1 is 0.881 bits per heavy atom. The number of rotatable bonds is 13. The topological polar surface area (TPSA) is 72.5 Å². The van der Waals surface area contributed by atoms with Crippen LogP contribution in [0.1, 0.15) is 60.9 Å². The molecule has 4 rings (SSSR count). The number of anilines is 2. The zero-order valence-electron chi connectivity index (χ0n) is 24.9. The third-order valence-electron chi connectivity index (χ3n) is 7.51. The van der Waals surface area contributed by atoms with Crippen LogP contribution in [0.4, 0.5) is 11.4 Å². The number of nitriles is 2. The van der Waals surface area contributed by atoms with Crippen LogP contribution in [0.3, 0.4) is 0 Å². The Morgan fingerprint density at radius 2 is 1.55 bits per heavy atom. The summed E-state index contributed by atoms with van der Waals surface area (Å²) in [4.78, 5) is 6.54. The monoisotopic (exact) mass is 580 g/mol. The van der Waals surface area contributed by atoms with Gasteiger partial charge in [-0.2, -0.15) is 10.5 Å². The van der Waals surface area contributed by atoms with E-state index in [4.69, 9.17) is 9.47 Å². The average molecular weight is 581 g/mol. The van der Waals surface area contributed by atoms with Gasteiger partial charge in [-0.25, -0.2) is 0 Å². The quantitative estimate of drug-likeness (QED) is 0.191. The lowest BCUT2D eigenvalue weighted by Crippen LogP contribution is -2.30. The Kier molecular flexibility index (Phi) is 11.8. The lowest BCUT2D eigenvalue weighted by Gasteiger charge is -2.26. The van der Waals surface area contributed by atoms with Crippen molar-refractivity contribution < 1.29 is 9.47 Å². The van der Waals surface area contributed by atoms with Crippen LogP contribution >= 0.6 is 11.3 Å². The second-order valence-corrected chi connectivity index (χ2v) is 11.2. The maximum atomic E-state index is 9.72. The molecule has 1 unspecified atom stereocenters. The lowest BCUT2D eigenvalue weighted by molar-refractivity contribution is -0.160. The molecule has 1 saturated heterocycles. The molecule has 218 valence electrons. The summed E-state index contributed by atoms with van der Waals surface area (Å²) >= 11 is 1.58. The lowest BCUT2D eigenvalue weighted by atomic mass is 9.99.